The lowest BCUT2D eigenvalue weighted by Gasteiger charge is -2.02. The monoisotopic (exact) mass is 286 g/mol. The predicted octanol–water partition coefficient (Wildman–Crippen LogP) is 5.54. The van der Waals surface area contributed by atoms with Crippen LogP contribution in [0.15, 0.2) is 20.6 Å². The maximum absolute atomic E-state index is 2.27. The Hall–Kier alpha value is 0.1000. The topological polar surface area (TPSA) is 0 Å². The maximum atomic E-state index is 2.27. The average Bonchev–Trinajstić information content (AvgIpc) is 2.81. The van der Waals surface area contributed by atoms with E-state index in [2.05, 4.69) is 37.1 Å². The molecule has 2 aromatic rings. The van der Waals surface area contributed by atoms with Crippen molar-refractivity contribution in [3.05, 3.63) is 21.9 Å². The summed E-state index contributed by atoms with van der Waals surface area (Å²) in [5, 5.41) is 4.54. The Kier molecular flexibility index (Phi) is 4.06. The molecule has 2 aromatic heterocycles. The minimum Gasteiger partial charge on any atom is -0.141 e. The van der Waals surface area contributed by atoms with Crippen LogP contribution < -0.4 is 0 Å². The second-order valence-electron chi connectivity index (χ2n) is 3.54. The molecule has 0 saturated carbocycles. The molecule has 0 bridgehead atoms. The smallest absolute Gasteiger partial charge is 0.0584 e. The van der Waals surface area contributed by atoms with Crippen LogP contribution in [0, 0.1) is 13.8 Å². The summed E-state index contributed by atoms with van der Waals surface area (Å²) >= 11 is 7.44. The second kappa shape index (κ2) is 5.17. The van der Waals surface area contributed by atoms with Crippen LogP contribution in [0.2, 0.25) is 0 Å². The molecule has 16 heavy (non-hydrogen) atoms. The molecular weight excluding hydrogens is 272 g/mol. The van der Waals surface area contributed by atoms with Gasteiger partial charge in [-0.2, -0.15) is 0 Å². The third-order valence-electron chi connectivity index (χ3n) is 2.54. The van der Waals surface area contributed by atoms with E-state index in [1.165, 1.54) is 30.7 Å². The number of thioether (sulfide) groups is 2. The van der Waals surface area contributed by atoms with Gasteiger partial charge in [0.1, 0.15) is 0 Å². The Morgan fingerprint density at radius 2 is 1.62 bits per heavy atom. The summed E-state index contributed by atoms with van der Waals surface area (Å²) in [6.45, 7) is 4.43. The van der Waals surface area contributed by atoms with E-state index in [1.807, 2.05) is 46.2 Å². The fourth-order valence-electron chi connectivity index (χ4n) is 1.67. The average molecular weight is 287 g/mol. The van der Waals surface area contributed by atoms with Gasteiger partial charge in [0, 0.05) is 20.0 Å². The van der Waals surface area contributed by atoms with Gasteiger partial charge in [-0.25, -0.2) is 0 Å². The molecule has 2 heterocycles. The van der Waals surface area contributed by atoms with Crippen LogP contribution in [-0.4, -0.2) is 12.5 Å². The van der Waals surface area contributed by atoms with Gasteiger partial charge in [0.05, 0.1) is 4.88 Å². The highest BCUT2D eigenvalue weighted by Crippen LogP contribution is 2.44. The van der Waals surface area contributed by atoms with Crippen LogP contribution in [0.5, 0.6) is 0 Å². The van der Waals surface area contributed by atoms with Gasteiger partial charge >= 0.3 is 0 Å². The summed E-state index contributed by atoms with van der Waals surface area (Å²) in [6.07, 6.45) is 4.31. The van der Waals surface area contributed by atoms with E-state index >= 15 is 0 Å². The van der Waals surface area contributed by atoms with E-state index in [-0.39, 0.29) is 0 Å². The molecule has 4 heteroatoms. The number of hydrogen-bond donors (Lipinski definition) is 0. The van der Waals surface area contributed by atoms with Crippen molar-refractivity contribution in [1.29, 1.82) is 0 Å². The van der Waals surface area contributed by atoms with E-state index in [9.17, 15) is 0 Å². The first kappa shape index (κ1) is 12.6. The van der Waals surface area contributed by atoms with Crippen molar-refractivity contribution >= 4 is 46.2 Å². The van der Waals surface area contributed by atoms with E-state index in [0.29, 0.717) is 0 Å². The minimum atomic E-state index is 1.41. The van der Waals surface area contributed by atoms with Gasteiger partial charge < -0.3 is 0 Å². The normalized spacial score (nSPS) is 11.0. The largest absolute Gasteiger partial charge is 0.141 e. The zero-order valence-electron chi connectivity index (χ0n) is 9.79. The summed E-state index contributed by atoms with van der Waals surface area (Å²) in [5.74, 6) is 0. The first-order valence-corrected chi connectivity index (χ1v) is 9.14. The predicted molar refractivity (Wildman–Crippen MR) is 80.7 cm³/mol. The summed E-state index contributed by atoms with van der Waals surface area (Å²) in [5.41, 5.74) is 2.85. The third-order valence-corrected chi connectivity index (χ3v) is 6.96. The van der Waals surface area contributed by atoms with Gasteiger partial charge in [-0.1, -0.05) is 0 Å². The molecule has 0 radical (unpaired) electrons. The van der Waals surface area contributed by atoms with Gasteiger partial charge in [-0.05, 0) is 42.9 Å². The molecule has 0 atom stereocenters. The number of hydrogen-bond acceptors (Lipinski definition) is 4. The molecule has 0 nitrogen and oxygen atoms in total. The molecule has 0 amide bonds. The Bertz CT molecular complexity index is 493. The molecule has 0 N–H and O–H groups in total. The molecule has 0 unspecified atom stereocenters. The van der Waals surface area contributed by atoms with E-state index in [4.69, 9.17) is 0 Å². The fourth-order valence-corrected chi connectivity index (χ4v) is 6.00. The van der Waals surface area contributed by atoms with Gasteiger partial charge in [0.2, 0.25) is 0 Å². The Morgan fingerprint density at radius 3 is 2.19 bits per heavy atom. The van der Waals surface area contributed by atoms with Crippen molar-refractivity contribution in [2.45, 2.75) is 23.6 Å². The molecule has 0 fully saturated rings. The van der Waals surface area contributed by atoms with Crippen LogP contribution in [0.1, 0.15) is 11.1 Å². The van der Waals surface area contributed by atoms with Gasteiger partial charge in [-0.15, -0.1) is 46.2 Å². The fraction of sp³-hybridized carbons (Fsp3) is 0.333. The van der Waals surface area contributed by atoms with Gasteiger partial charge in [0.25, 0.3) is 0 Å². The molecule has 0 aliphatic carbocycles. The van der Waals surface area contributed by atoms with Crippen molar-refractivity contribution in [1.82, 2.24) is 0 Å². The highest BCUT2D eigenvalue weighted by Gasteiger charge is 2.15. The Balaban J connectivity index is 2.54. The molecular formula is C12H14S4. The minimum absolute atomic E-state index is 1.41. The quantitative estimate of drug-likeness (QED) is 0.680. The van der Waals surface area contributed by atoms with Crippen molar-refractivity contribution in [2.75, 3.05) is 12.5 Å². The summed E-state index contributed by atoms with van der Waals surface area (Å²) in [6, 6.07) is 0. The third kappa shape index (κ3) is 2.08. The maximum Gasteiger partial charge on any atom is 0.0584 e. The lowest BCUT2D eigenvalue weighted by atomic mass is 10.2. The molecule has 0 aromatic carbocycles. The summed E-state index contributed by atoms with van der Waals surface area (Å²) in [7, 11) is 0. The first-order valence-electron chi connectivity index (χ1n) is 4.93. The van der Waals surface area contributed by atoms with Crippen LogP contribution in [-0.2, 0) is 0 Å². The van der Waals surface area contributed by atoms with E-state index in [1.54, 1.807) is 0 Å². The van der Waals surface area contributed by atoms with Gasteiger partial charge in [-0.3, -0.25) is 0 Å². The van der Waals surface area contributed by atoms with E-state index < -0.39 is 0 Å². The first-order chi connectivity index (χ1) is 7.69. The number of aryl methyl sites for hydroxylation is 1. The summed E-state index contributed by atoms with van der Waals surface area (Å²) in [4.78, 5) is 5.76. The zero-order chi connectivity index (χ0) is 11.7. The molecule has 0 aliphatic rings. The SMILES string of the molecule is CSc1csc(-c2scc(C)c2SC)c1C. The molecule has 2 rings (SSSR count). The molecule has 0 saturated heterocycles. The Labute approximate surface area is 113 Å². The van der Waals surface area contributed by atoms with E-state index in [0.717, 1.165) is 0 Å². The van der Waals surface area contributed by atoms with Crippen molar-refractivity contribution in [3.63, 3.8) is 0 Å². The lowest BCUT2D eigenvalue weighted by molar-refractivity contribution is 1.35. The van der Waals surface area contributed by atoms with Gasteiger partial charge in [0.15, 0.2) is 0 Å². The highest BCUT2D eigenvalue weighted by atomic mass is 32.2. The number of rotatable bonds is 3. The summed E-state index contributed by atoms with van der Waals surface area (Å²) < 4.78 is 0. The Morgan fingerprint density at radius 1 is 0.938 bits per heavy atom. The molecule has 86 valence electrons. The number of thiophene rings is 2. The van der Waals surface area contributed by atoms with Crippen molar-refractivity contribution in [2.24, 2.45) is 0 Å². The van der Waals surface area contributed by atoms with Crippen molar-refractivity contribution in [3.8, 4) is 9.75 Å². The lowest BCUT2D eigenvalue weighted by Crippen LogP contribution is -1.77. The second-order valence-corrected chi connectivity index (χ2v) is 6.96. The van der Waals surface area contributed by atoms with Crippen molar-refractivity contribution < 1.29 is 0 Å². The van der Waals surface area contributed by atoms with Crippen LogP contribution in [0.25, 0.3) is 9.75 Å². The van der Waals surface area contributed by atoms with Crippen LogP contribution in [0.4, 0.5) is 0 Å². The van der Waals surface area contributed by atoms with Crippen LogP contribution >= 0.6 is 46.2 Å². The highest BCUT2D eigenvalue weighted by molar-refractivity contribution is 7.99. The molecule has 0 aliphatic heterocycles. The van der Waals surface area contributed by atoms with Crippen LogP contribution in [0.3, 0.4) is 0 Å². The standard InChI is InChI=1S/C12H14S4/c1-7-5-15-12(10(7)14-4)11-8(2)9(13-3)6-16-11/h5-6H,1-4H3. The molecule has 0 spiro atoms. The zero-order valence-corrected chi connectivity index (χ0v) is 13.1.